The van der Waals surface area contributed by atoms with Gasteiger partial charge in [-0.15, -0.1) is 0 Å². The molecular formula is C26H44O4. The molecule has 4 atom stereocenters. The summed E-state index contributed by atoms with van der Waals surface area (Å²) in [6, 6.07) is 0. The second kappa shape index (κ2) is 17.3. The molecule has 1 aliphatic carbocycles. The summed E-state index contributed by atoms with van der Waals surface area (Å²) in [5, 5.41) is 19.2. The van der Waals surface area contributed by atoms with Gasteiger partial charge in [0.15, 0.2) is 0 Å². The summed E-state index contributed by atoms with van der Waals surface area (Å²) < 4.78 is 5.64. The highest BCUT2D eigenvalue weighted by molar-refractivity contribution is 5.66. The fourth-order valence-corrected chi connectivity index (χ4v) is 4.17. The maximum Gasteiger partial charge on any atom is 0.302 e. The van der Waals surface area contributed by atoms with Crippen LogP contribution in [0, 0.1) is 11.8 Å². The first-order chi connectivity index (χ1) is 14.6. The highest BCUT2D eigenvalue weighted by Gasteiger charge is 2.30. The van der Waals surface area contributed by atoms with E-state index in [1.54, 1.807) is 0 Å². The number of aliphatic hydroxyl groups excluding tert-OH is 2. The second-order valence-corrected chi connectivity index (χ2v) is 8.53. The van der Waals surface area contributed by atoms with Crippen molar-refractivity contribution in [2.24, 2.45) is 11.8 Å². The number of unbranched alkanes of at least 4 members (excludes halogenated alkanes) is 6. The lowest BCUT2D eigenvalue weighted by Crippen LogP contribution is -2.32. The maximum atomic E-state index is 11.6. The third-order valence-corrected chi connectivity index (χ3v) is 5.88. The highest BCUT2D eigenvalue weighted by atomic mass is 16.5. The number of ether oxygens (including phenoxy) is 1. The molecule has 30 heavy (non-hydrogen) atoms. The molecular weight excluding hydrogens is 376 g/mol. The number of rotatable bonds is 16. The molecule has 172 valence electrons. The summed E-state index contributed by atoms with van der Waals surface area (Å²) in [7, 11) is 0. The van der Waals surface area contributed by atoms with Gasteiger partial charge in [0, 0.05) is 19.4 Å². The first kappa shape index (κ1) is 26.6. The SMILES string of the molecule is CCCCCCCCC(O)C=CC=CC1CC=CCC1C(CCCCO)OC(C)=O. The molecule has 0 fully saturated rings. The van der Waals surface area contributed by atoms with E-state index in [9.17, 15) is 9.90 Å². The van der Waals surface area contributed by atoms with Crippen LogP contribution in [0.15, 0.2) is 36.5 Å². The minimum absolute atomic E-state index is 0.115. The van der Waals surface area contributed by atoms with Gasteiger partial charge in [-0.1, -0.05) is 81.9 Å². The van der Waals surface area contributed by atoms with Gasteiger partial charge in [-0.05, 0) is 44.4 Å². The van der Waals surface area contributed by atoms with Crippen LogP contribution in [0.5, 0.6) is 0 Å². The van der Waals surface area contributed by atoms with Crippen molar-refractivity contribution in [1.82, 2.24) is 0 Å². The lowest BCUT2D eigenvalue weighted by molar-refractivity contribution is -0.150. The Morgan fingerprint density at radius 3 is 2.47 bits per heavy atom. The van der Waals surface area contributed by atoms with E-state index >= 15 is 0 Å². The summed E-state index contributed by atoms with van der Waals surface area (Å²) in [5.41, 5.74) is 0. The highest BCUT2D eigenvalue weighted by Crippen LogP contribution is 2.33. The summed E-state index contributed by atoms with van der Waals surface area (Å²) in [6.45, 7) is 3.87. The van der Waals surface area contributed by atoms with Crippen molar-refractivity contribution < 1.29 is 19.7 Å². The number of esters is 1. The molecule has 4 unspecified atom stereocenters. The van der Waals surface area contributed by atoms with E-state index in [0.717, 1.165) is 44.9 Å². The predicted molar refractivity (Wildman–Crippen MR) is 124 cm³/mol. The Balaban J connectivity index is 2.50. The van der Waals surface area contributed by atoms with Crippen LogP contribution in [0.4, 0.5) is 0 Å². The fourth-order valence-electron chi connectivity index (χ4n) is 4.17. The molecule has 0 aromatic rings. The van der Waals surface area contributed by atoms with Crippen molar-refractivity contribution in [2.45, 2.75) is 103 Å². The number of hydrogen-bond acceptors (Lipinski definition) is 4. The topological polar surface area (TPSA) is 66.8 Å². The van der Waals surface area contributed by atoms with Crippen LogP contribution in [-0.4, -0.2) is 35.0 Å². The van der Waals surface area contributed by atoms with E-state index in [0.29, 0.717) is 5.92 Å². The minimum Gasteiger partial charge on any atom is -0.462 e. The van der Waals surface area contributed by atoms with E-state index in [4.69, 9.17) is 9.84 Å². The molecule has 0 radical (unpaired) electrons. The summed E-state index contributed by atoms with van der Waals surface area (Å²) >= 11 is 0. The monoisotopic (exact) mass is 420 g/mol. The van der Waals surface area contributed by atoms with Crippen molar-refractivity contribution >= 4 is 5.97 Å². The Bertz CT molecular complexity index is 523. The van der Waals surface area contributed by atoms with Crippen LogP contribution < -0.4 is 0 Å². The predicted octanol–water partition coefficient (Wildman–Crippen LogP) is 5.89. The van der Waals surface area contributed by atoms with Gasteiger partial charge in [0.1, 0.15) is 6.10 Å². The Kier molecular flexibility index (Phi) is 15.4. The van der Waals surface area contributed by atoms with Gasteiger partial charge >= 0.3 is 5.97 Å². The molecule has 0 saturated carbocycles. The molecule has 0 amide bonds. The summed E-state index contributed by atoms with van der Waals surface area (Å²) in [4.78, 5) is 11.6. The van der Waals surface area contributed by atoms with E-state index in [1.807, 2.05) is 18.2 Å². The van der Waals surface area contributed by atoms with Crippen molar-refractivity contribution in [2.75, 3.05) is 6.61 Å². The van der Waals surface area contributed by atoms with E-state index in [2.05, 4.69) is 25.2 Å². The van der Waals surface area contributed by atoms with Gasteiger partial charge in [-0.3, -0.25) is 4.79 Å². The first-order valence-electron chi connectivity index (χ1n) is 12.0. The smallest absolute Gasteiger partial charge is 0.302 e. The number of carbonyl (C=O) groups excluding carboxylic acids is 1. The van der Waals surface area contributed by atoms with Crippen molar-refractivity contribution in [3.8, 4) is 0 Å². The Labute approximate surface area is 184 Å². The summed E-state index contributed by atoms with van der Waals surface area (Å²) in [6.07, 6.45) is 24.4. The molecule has 1 rings (SSSR count). The largest absolute Gasteiger partial charge is 0.462 e. The van der Waals surface area contributed by atoms with Crippen LogP contribution in [0.1, 0.15) is 90.9 Å². The van der Waals surface area contributed by atoms with Crippen molar-refractivity contribution in [1.29, 1.82) is 0 Å². The minimum atomic E-state index is -0.379. The average Bonchev–Trinajstić information content (AvgIpc) is 2.73. The fraction of sp³-hybridized carbons (Fsp3) is 0.731. The molecule has 0 aliphatic heterocycles. The van der Waals surface area contributed by atoms with Crippen LogP contribution >= 0.6 is 0 Å². The molecule has 0 aromatic carbocycles. The molecule has 0 bridgehead atoms. The molecule has 0 saturated heterocycles. The zero-order chi connectivity index (χ0) is 22.0. The number of allylic oxidation sites excluding steroid dienone is 5. The van der Waals surface area contributed by atoms with Gasteiger partial charge in [0.2, 0.25) is 0 Å². The van der Waals surface area contributed by atoms with Crippen LogP contribution in [0.3, 0.4) is 0 Å². The maximum absolute atomic E-state index is 11.6. The molecule has 1 aliphatic rings. The molecule has 4 heteroatoms. The van der Waals surface area contributed by atoms with Crippen LogP contribution in [-0.2, 0) is 9.53 Å². The molecule has 0 heterocycles. The van der Waals surface area contributed by atoms with E-state index in [1.165, 1.54) is 39.0 Å². The molecule has 0 aromatic heterocycles. The van der Waals surface area contributed by atoms with E-state index in [-0.39, 0.29) is 30.7 Å². The Morgan fingerprint density at radius 1 is 1.03 bits per heavy atom. The zero-order valence-corrected chi connectivity index (χ0v) is 19.2. The Hall–Kier alpha value is -1.39. The first-order valence-corrected chi connectivity index (χ1v) is 12.0. The Morgan fingerprint density at radius 2 is 1.73 bits per heavy atom. The van der Waals surface area contributed by atoms with E-state index < -0.39 is 0 Å². The third-order valence-electron chi connectivity index (χ3n) is 5.88. The van der Waals surface area contributed by atoms with Crippen molar-refractivity contribution in [3.63, 3.8) is 0 Å². The zero-order valence-electron chi connectivity index (χ0n) is 19.2. The van der Waals surface area contributed by atoms with Gasteiger partial charge < -0.3 is 14.9 Å². The average molecular weight is 421 g/mol. The number of hydrogen-bond donors (Lipinski definition) is 2. The lowest BCUT2D eigenvalue weighted by Gasteiger charge is -2.33. The second-order valence-electron chi connectivity index (χ2n) is 8.53. The van der Waals surface area contributed by atoms with Crippen LogP contribution in [0.25, 0.3) is 0 Å². The summed E-state index contributed by atoms with van der Waals surface area (Å²) in [5.74, 6) is 0.336. The quantitative estimate of drug-likeness (QED) is 0.141. The van der Waals surface area contributed by atoms with Crippen LogP contribution in [0.2, 0.25) is 0 Å². The lowest BCUT2D eigenvalue weighted by atomic mass is 9.78. The van der Waals surface area contributed by atoms with Gasteiger partial charge in [-0.2, -0.15) is 0 Å². The molecule has 0 spiro atoms. The van der Waals surface area contributed by atoms with Gasteiger partial charge in [0.05, 0.1) is 6.10 Å². The third kappa shape index (κ3) is 12.3. The van der Waals surface area contributed by atoms with Crippen molar-refractivity contribution in [3.05, 3.63) is 36.5 Å². The molecule has 2 N–H and O–H groups in total. The molecule has 4 nitrogen and oxygen atoms in total. The standard InChI is InChI=1S/C26H44O4/c1-3-4-5-6-7-8-17-24(29)18-11-9-15-23-16-10-12-19-25(23)26(30-22(2)28)20-13-14-21-27/h9-12,15,18,23-27,29H,3-8,13-14,16-17,19-21H2,1-2H3. The normalized spacial score (nSPS) is 21.3. The number of aliphatic hydroxyl groups is 2. The van der Waals surface area contributed by atoms with Gasteiger partial charge in [-0.25, -0.2) is 0 Å². The number of carbonyl (C=O) groups is 1. The van der Waals surface area contributed by atoms with Gasteiger partial charge in [0.25, 0.3) is 0 Å².